The summed E-state index contributed by atoms with van der Waals surface area (Å²) in [7, 11) is -3.78. The molecule has 0 fully saturated rings. The number of rotatable bonds is 9. The van der Waals surface area contributed by atoms with Gasteiger partial charge in [-0.15, -0.1) is 0 Å². The Balaban J connectivity index is 2.21. The van der Waals surface area contributed by atoms with Crippen LogP contribution in [0.15, 0.2) is 47.4 Å². The van der Waals surface area contributed by atoms with Gasteiger partial charge in [0.05, 0.1) is 10.6 Å². The van der Waals surface area contributed by atoms with Gasteiger partial charge < -0.3 is 5.32 Å². The minimum atomic E-state index is -3.78. The maximum absolute atomic E-state index is 12.9. The minimum Gasteiger partial charge on any atom is -0.352 e. The summed E-state index contributed by atoms with van der Waals surface area (Å²) in [5, 5.41) is 2.84. The number of hydrogen-bond donors (Lipinski definition) is 2. The minimum absolute atomic E-state index is 0.0778. The highest BCUT2D eigenvalue weighted by Gasteiger charge is 2.18. The van der Waals surface area contributed by atoms with Crippen molar-refractivity contribution in [1.29, 1.82) is 0 Å². The van der Waals surface area contributed by atoms with Crippen molar-refractivity contribution in [2.24, 2.45) is 0 Å². The first-order valence-corrected chi connectivity index (χ1v) is 10.9. The predicted octanol–water partition coefficient (Wildman–Crippen LogP) is 4.28. The van der Waals surface area contributed by atoms with Gasteiger partial charge in [0.2, 0.25) is 0 Å². The number of carbonyl (C=O) groups is 1. The van der Waals surface area contributed by atoms with Crippen LogP contribution in [0.5, 0.6) is 0 Å². The highest BCUT2D eigenvalue weighted by molar-refractivity contribution is 7.92. The smallest absolute Gasteiger partial charge is 0.261 e. The van der Waals surface area contributed by atoms with Gasteiger partial charge in [-0.25, -0.2) is 8.42 Å². The monoisotopic (exact) mass is 388 g/mol. The van der Waals surface area contributed by atoms with E-state index < -0.39 is 10.0 Å². The molecule has 27 heavy (non-hydrogen) atoms. The molecule has 0 aromatic heterocycles. The molecule has 0 bridgehead atoms. The molecule has 2 aromatic rings. The van der Waals surface area contributed by atoms with Crippen LogP contribution in [0.2, 0.25) is 0 Å². The maximum atomic E-state index is 12.9. The van der Waals surface area contributed by atoms with Gasteiger partial charge in [-0.05, 0) is 49.1 Å². The molecule has 5 nitrogen and oxygen atoms in total. The Bertz CT molecular complexity index is 892. The lowest BCUT2D eigenvalue weighted by molar-refractivity contribution is 0.0952. The summed E-state index contributed by atoms with van der Waals surface area (Å²) in [5.74, 6) is -0.256. The number of amides is 1. The number of hydrogen-bond acceptors (Lipinski definition) is 3. The quantitative estimate of drug-likeness (QED) is 0.630. The van der Waals surface area contributed by atoms with Crippen molar-refractivity contribution in [1.82, 2.24) is 5.32 Å². The van der Waals surface area contributed by atoms with Crippen molar-refractivity contribution in [3.63, 3.8) is 0 Å². The molecule has 0 aliphatic rings. The van der Waals surface area contributed by atoms with Crippen LogP contribution in [0.25, 0.3) is 0 Å². The fourth-order valence-electron chi connectivity index (χ4n) is 2.85. The van der Waals surface area contributed by atoms with Crippen LogP contribution in [-0.4, -0.2) is 20.9 Å². The largest absolute Gasteiger partial charge is 0.352 e. The summed E-state index contributed by atoms with van der Waals surface area (Å²) in [6.07, 6.45) is 3.76. The van der Waals surface area contributed by atoms with Crippen molar-refractivity contribution in [2.45, 2.75) is 51.3 Å². The lowest BCUT2D eigenvalue weighted by atomic mass is 10.1. The van der Waals surface area contributed by atoms with Gasteiger partial charge in [0.25, 0.3) is 15.9 Å². The molecule has 2 aromatic carbocycles. The molecule has 6 heteroatoms. The average Bonchev–Trinajstić information content (AvgIpc) is 2.66. The Morgan fingerprint density at radius 1 is 1.04 bits per heavy atom. The molecule has 0 saturated heterocycles. The molecule has 2 N–H and O–H groups in total. The van der Waals surface area contributed by atoms with E-state index in [1.807, 2.05) is 32.0 Å². The van der Waals surface area contributed by atoms with Gasteiger partial charge in [-0.3, -0.25) is 9.52 Å². The van der Waals surface area contributed by atoms with Crippen molar-refractivity contribution in [3.05, 3.63) is 59.2 Å². The molecule has 2 rings (SSSR count). The second-order valence-electron chi connectivity index (χ2n) is 6.56. The zero-order valence-corrected chi connectivity index (χ0v) is 17.0. The molecule has 0 saturated carbocycles. The molecule has 1 amide bonds. The number of aryl methyl sites for hydroxylation is 2. The van der Waals surface area contributed by atoms with Crippen LogP contribution < -0.4 is 10.0 Å². The summed E-state index contributed by atoms with van der Waals surface area (Å²) < 4.78 is 28.4. The van der Waals surface area contributed by atoms with E-state index in [1.165, 1.54) is 12.1 Å². The first-order valence-electron chi connectivity index (χ1n) is 9.38. The van der Waals surface area contributed by atoms with E-state index in [4.69, 9.17) is 0 Å². The number of para-hydroxylation sites is 1. The Hall–Kier alpha value is -2.34. The standard InChI is InChI=1S/C21H28N2O3S/c1-4-6-7-14-22-21(24)18-12-9-13-19(15-18)27(25,26)23-20-16(3)10-8-11-17(20)5-2/h8-13,15,23H,4-7,14H2,1-3H3,(H,22,24). The van der Waals surface area contributed by atoms with Gasteiger partial charge >= 0.3 is 0 Å². The average molecular weight is 389 g/mol. The molecule has 0 aliphatic carbocycles. The zero-order chi connectivity index (χ0) is 19.9. The van der Waals surface area contributed by atoms with E-state index >= 15 is 0 Å². The molecule has 0 aliphatic heterocycles. The molecular formula is C21H28N2O3S. The summed E-state index contributed by atoms with van der Waals surface area (Å²) in [6.45, 7) is 6.54. The van der Waals surface area contributed by atoms with Crippen molar-refractivity contribution in [3.8, 4) is 0 Å². The Kier molecular flexibility index (Phi) is 7.42. The zero-order valence-electron chi connectivity index (χ0n) is 16.2. The van der Waals surface area contributed by atoms with Gasteiger partial charge in [0.15, 0.2) is 0 Å². The first-order chi connectivity index (χ1) is 12.9. The van der Waals surface area contributed by atoms with Crippen LogP contribution >= 0.6 is 0 Å². The third kappa shape index (κ3) is 5.57. The van der Waals surface area contributed by atoms with Crippen LogP contribution in [0, 0.1) is 6.92 Å². The van der Waals surface area contributed by atoms with E-state index in [0.717, 1.165) is 36.8 Å². The lowest BCUT2D eigenvalue weighted by Crippen LogP contribution is -2.25. The second kappa shape index (κ2) is 9.55. The number of benzene rings is 2. The number of anilines is 1. The highest BCUT2D eigenvalue weighted by Crippen LogP contribution is 2.25. The summed E-state index contributed by atoms with van der Waals surface area (Å²) in [6, 6.07) is 11.8. The van der Waals surface area contributed by atoms with Crippen molar-refractivity contribution < 1.29 is 13.2 Å². The predicted molar refractivity (Wildman–Crippen MR) is 110 cm³/mol. The Labute approximate surface area is 162 Å². The van der Waals surface area contributed by atoms with Crippen molar-refractivity contribution in [2.75, 3.05) is 11.3 Å². The van der Waals surface area contributed by atoms with Gasteiger partial charge in [0.1, 0.15) is 0 Å². The van der Waals surface area contributed by atoms with E-state index in [1.54, 1.807) is 12.1 Å². The molecule has 146 valence electrons. The van der Waals surface area contributed by atoms with Crippen LogP contribution in [0.3, 0.4) is 0 Å². The lowest BCUT2D eigenvalue weighted by Gasteiger charge is -2.15. The summed E-state index contributed by atoms with van der Waals surface area (Å²) >= 11 is 0. The third-order valence-corrected chi connectivity index (χ3v) is 5.80. The van der Waals surface area contributed by atoms with Crippen LogP contribution in [0.4, 0.5) is 5.69 Å². The fourth-order valence-corrected chi connectivity index (χ4v) is 4.06. The Morgan fingerprint density at radius 3 is 2.48 bits per heavy atom. The van der Waals surface area contributed by atoms with E-state index in [-0.39, 0.29) is 10.8 Å². The van der Waals surface area contributed by atoms with Crippen LogP contribution in [-0.2, 0) is 16.4 Å². The molecule has 0 heterocycles. The second-order valence-corrected chi connectivity index (χ2v) is 8.24. The number of carbonyl (C=O) groups excluding carboxylic acids is 1. The molecule has 0 spiro atoms. The highest BCUT2D eigenvalue weighted by atomic mass is 32.2. The normalized spacial score (nSPS) is 11.2. The van der Waals surface area contributed by atoms with E-state index in [0.29, 0.717) is 17.8 Å². The number of sulfonamides is 1. The maximum Gasteiger partial charge on any atom is 0.261 e. The van der Waals surface area contributed by atoms with Crippen LogP contribution in [0.1, 0.15) is 54.6 Å². The topological polar surface area (TPSA) is 75.3 Å². The van der Waals surface area contributed by atoms with Gasteiger partial charge in [0, 0.05) is 12.1 Å². The van der Waals surface area contributed by atoms with Crippen molar-refractivity contribution >= 4 is 21.6 Å². The number of nitrogens with one attached hydrogen (secondary N) is 2. The summed E-state index contributed by atoms with van der Waals surface area (Å²) in [4.78, 5) is 12.4. The fraction of sp³-hybridized carbons (Fsp3) is 0.381. The molecule has 0 atom stereocenters. The first kappa shape index (κ1) is 21.0. The Morgan fingerprint density at radius 2 is 1.78 bits per heavy atom. The summed E-state index contributed by atoms with van der Waals surface area (Å²) in [5.41, 5.74) is 2.75. The third-order valence-electron chi connectivity index (χ3n) is 4.45. The van der Waals surface area contributed by atoms with E-state index in [9.17, 15) is 13.2 Å². The SMILES string of the molecule is CCCCCNC(=O)c1cccc(S(=O)(=O)Nc2c(C)cccc2CC)c1. The van der Waals surface area contributed by atoms with Gasteiger partial charge in [-0.1, -0.05) is 51.0 Å². The number of unbranched alkanes of at least 4 members (excludes halogenated alkanes) is 2. The molecule has 0 unspecified atom stereocenters. The van der Waals surface area contributed by atoms with Gasteiger partial charge in [-0.2, -0.15) is 0 Å². The van der Waals surface area contributed by atoms with E-state index in [2.05, 4.69) is 17.0 Å². The molecular weight excluding hydrogens is 360 g/mol. The molecule has 0 radical (unpaired) electrons.